The van der Waals surface area contributed by atoms with Gasteiger partial charge in [0.25, 0.3) is 0 Å². The van der Waals surface area contributed by atoms with Crippen LogP contribution in [0.2, 0.25) is 0 Å². The standard InChI is InChI=1S/C46H32.2C38H24/c1-5-15-33(16-6-1)37-27-38(34-17-7-2-8-18-34)30-41(29-37)43-25-26-44(46-24-14-13-23-45(43)46)42-31-39(35-19-9-3-10-20-35)28-40(32-42)36-21-11-4-12-22-36;1-5-15-29-25(11-1)23-26-12-2-6-16-30(26)37(29)35-21-22-36(34-20-10-9-19-33(34)35)38-31-17-7-3-13-27(31)24-28-14-4-8-18-32(28)38;1-3-13-27-25(11-1)23-37(33-19-9-5-15-29(27)33)35-21-22-36(32-18-8-7-17-31(32)35)38-24-26-12-2-4-14-28(26)30-16-6-10-20-34(30)38/h1-32H;2*1-24H. The molecule has 0 saturated carbocycles. The van der Waals surface area contributed by atoms with Gasteiger partial charge in [0.15, 0.2) is 0 Å². The van der Waals surface area contributed by atoms with Crippen molar-refractivity contribution in [3.63, 3.8) is 0 Å². The van der Waals surface area contributed by atoms with Crippen molar-refractivity contribution >= 4 is 118 Å². The van der Waals surface area contributed by atoms with Crippen LogP contribution < -0.4 is 0 Å². The van der Waals surface area contributed by atoms with E-state index >= 15 is 0 Å². The molecule has 24 aromatic carbocycles. The Hall–Kier alpha value is -15.9. The molecule has 0 N–H and O–H groups in total. The van der Waals surface area contributed by atoms with Crippen molar-refractivity contribution in [2.75, 3.05) is 0 Å². The molecule has 0 aromatic heterocycles. The van der Waals surface area contributed by atoms with E-state index in [-0.39, 0.29) is 0 Å². The van der Waals surface area contributed by atoms with Crippen molar-refractivity contribution in [1.82, 2.24) is 0 Å². The number of benzene rings is 24. The fourth-order valence-corrected chi connectivity index (χ4v) is 19.2. The summed E-state index contributed by atoms with van der Waals surface area (Å²) in [5, 5.41) is 28.2. The van der Waals surface area contributed by atoms with Crippen molar-refractivity contribution in [1.29, 1.82) is 0 Å². The zero-order valence-corrected chi connectivity index (χ0v) is 67.2. The summed E-state index contributed by atoms with van der Waals surface area (Å²) < 4.78 is 0. The lowest BCUT2D eigenvalue weighted by Crippen LogP contribution is -1.91. The van der Waals surface area contributed by atoms with Gasteiger partial charge in [0, 0.05) is 0 Å². The average molecular weight is 1550 g/mol. The van der Waals surface area contributed by atoms with E-state index in [0.29, 0.717) is 0 Å². The fourth-order valence-electron chi connectivity index (χ4n) is 19.2. The fraction of sp³-hybridized carbons (Fsp3) is 0. The second-order valence-electron chi connectivity index (χ2n) is 32.0. The average Bonchev–Trinajstić information content (AvgIpc) is 0.740. The second-order valence-corrected chi connectivity index (χ2v) is 32.0. The van der Waals surface area contributed by atoms with E-state index in [1.54, 1.807) is 0 Å². The first kappa shape index (κ1) is 72.6. The van der Waals surface area contributed by atoms with Gasteiger partial charge in [-0.1, -0.05) is 425 Å². The molecule has 0 nitrogen and oxygen atoms in total. The highest BCUT2D eigenvalue weighted by Gasteiger charge is 2.22. The van der Waals surface area contributed by atoms with Crippen molar-refractivity contribution in [2.45, 2.75) is 0 Å². The lowest BCUT2D eigenvalue weighted by molar-refractivity contribution is 1.56. The third-order valence-corrected chi connectivity index (χ3v) is 24.9. The van der Waals surface area contributed by atoms with Crippen LogP contribution in [-0.4, -0.2) is 0 Å². The maximum absolute atomic E-state index is 2.37. The summed E-state index contributed by atoms with van der Waals surface area (Å²) in [7, 11) is 0. The molecule has 0 heteroatoms. The summed E-state index contributed by atoms with van der Waals surface area (Å²) in [6, 6.07) is 177. The molecule has 0 heterocycles. The van der Waals surface area contributed by atoms with Crippen LogP contribution >= 0.6 is 0 Å². The van der Waals surface area contributed by atoms with Gasteiger partial charge in [-0.15, -0.1) is 0 Å². The third kappa shape index (κ3) is 13.3. The third-order valence-electron chi connectivity index (χ3n) is 24.9. The van der Waals surface area contributed by atoms with Crippen LogP contribution in [0.5, 0.6) is 0 Å². The second kappa shape index (κ2) is 31.5. The van der Waals surface area contributed by atoms with Crippen molar-refractivity contribution in [3.05, 3.63) is 485 Å². The molecule has 0 unspecified atom stereocenters. The van der Waals surface area contributed by atoms with E-state index in [1.807, 2.05) is 0 Å². The lowest BCUT2D eigenvalue weighted by Gasteiger charge is -2.18. The number of rotatable bonds is 10. The number of fused-ring (bicyclic) bond motifs is 13. The molecule has 24 aromatic rings. The predicted octanol–water partition coefficient (Wildman–Crippen LogP) is 34.4. The van der Waals surface area contributed by atoms with Crippen LogP contribution in [0.4, 0.5) is 0 Å². The molecule has 0 saturated heterocycles. The molecule has 568 valence electrons. The predicted molar refractivity (Wildman–Crippen MR) is 526 cm³/mol. The highest BCUT2D eigenvalue weighted by molar-refractivity contribution is 6.24. The molecule has 0 aliphatic carbocycles. The van der Waals surface area contributed by atoms with Crippen LogP contribution in [0.1, 0.15) is 0 Å². The van der Waals surface area contributed by atoms with Gasteiger partial charge >= 0.3 is 0 Å². The zero-order chi connectivity index (χ0) is 80.8. The lowest BCUT2D eigenvalue weighted by atomic mass is 9.85. The minimum atomic E-state index is 1.21. The summed E-state index contributed by atoms with van der Waals surface area (Å²) in [4.78, 5) is 0. The van der Waals surface area contributed by atoms with Gasteiger partial charge < -0.3 is 0 Å². The first-order valence-electron chi connectivity index (χ1n) is 42.2. The molecule has 24 rings (SSSR count). The Labute approximate surface area is 710 Å². The summed E-state index contributed by atoms with van der Waals surface area (Å²) in [6.45, 7) is 0. The van der Waals surface area contributed by atoms with Gasteiger partial charge in [0.2, 0.25) is 0 Å². The molecule has 0 spiro atoms. The van der Waals surface area contributed by atoms with Crippen LogP contribution in [0.25, 0.3) is 230 Å². The molecule has 0 fully saturated rings. The SMILES string of the molecule is c1ccc(-c2cc(-c3ccccc3)cc(-c3ccc(-c4cc(-c5ccccc5)cc(-c5ccccc5)c4)c4ccccc34)c2)cc1.c1ccc2c(-c3ccc(-c4c5ccccc5cc5ccccc45)c4ccccc34)c3ccccc3cc2c1.c1ccc2c(c1)cc(-c1ccc(-c3cc4ccccc4c4ccccc34)c3ccccc13)c1ccccc12. The number of hydrogen-bond donors (Lipinski definition) is 0. The van der Waals surface area contributed by atoms with Crippen molar-refractivity contribution < 1.29 is 0 Å². The van der Waals surface area contributed by atoms with E-state index in [2.05, 4.69) is 485 Å². The maximum Gasteiger partial charge on any atom is -0.00206 e. The topological polar surface area (TPSA) is 0 Å². The van der Waals surface area contributed by atoms with Gasteiger partial charge in [-0.2, -0.15) is 0 Å². The first-order chi connectivity index (χ1) is 60.5. The van der Waals surface area contributed by atoms with Gasteiger partial charge in [0.05, 0.1) is 0 Å². The Balaban J connectivity index is 0.000000110. The molecule has 0 aliphatic heterocycles. The maximum atomic E-state index is 2.37. The minimum Gasteiger partial charge on any atom is -0.0622 e. The summed E-state index contributed by atoms with van der Waals surface area (Å²) in [5.41, 5.74) is 24.9. The van der Waals surface area contributed by atoms with E-state index in [1.165, 1.54) is 230 Å². The Morgan fingerprint density at radius 3 is 0.541 bits per heavy atom. The molecule has 0 radical (unpaired) electrons. The van der Waals surface area contributed by atoms with Crippen molar-refractivity contribution in [2.24, 2.45) is 0 Å². The monoisotopic (exact) mass is 1540 g/mol. The molecule has 0 aliphatic rings. The van der Waals surface area contributed by atoms with Gasteiger partial charge in [-0.25, -0.2) is 0 Å². The molecule has 122 heavy (non-hydrogen) atoms. The minimum absolute atomic E-state index is 1.21. The number of hydrogen-bond acceptors (Lipinski definition) is 0. The highest BCUT2D eigenvalue weighted by Crippen LogP contribution is 2.49. The van der Waals surface area contributed by atoms with Crippen LogP contribution in [-0.2, 0) is 0 Å². The van der Waals surface area contributed by atoms with Crippen LogP contribution in [0.3, 0.4) is 0 Å². The molecule has 0 bridgehead atoms. The van der Waals surface area contributed by atoms with E-state index in [9.17, 15) is 0 Å². The largest absolute Gasteiger partial charge is 0.0622 e. The van der Waals surface area contributed by atoms with Crippen molar-refractivity contribution in [3.8, 4) is 111 Å². The van der Waals surface area contributed by atoms with E-state index in [0.717, 1.165) is 0 Å². The molecule has 0 amide bonds. The highest BCUT2D eigenvalue weighted by atomic mass is 14.3. The van der Waals surface area contributed by atoms with Crippen LogP contribution in [0.15, 0.2) is 485 Å². The quantitative estimate of drug-likeness (QED) is 0.0946. The first-order valence-corrected chi connectivity index (χ1v) is 42.2. The van der Waals surface area contributed by atoms with Crippen LogP contribution in [0, 0.1) is 0 Å². The normalized spacial score (nSPS) is 11.4. The smallest absolute Gasteiger partial charge is 0.00206 e. The Morgan fingerprint density at radius 2 is 0.262 bits per heavy atom. The summed E-state index contributed by atoms with van der Waals surface area (Å²) in [6.07, 6.45) is 0. The molecule has 0 atom stereocenters. The molecular formula is C122H80. The Kier molecular flexibility index (Phi) is 18.8. The Bertz CT molecular complexity index is 7460. The Morgan fingerprint density at radius 1 is 0.0820 bits per heavy atom. The zero-order valence-electron chi connectivity index (χ0n) is 67.2. The van der Waals surface area contributed by atoms with Gasteiger partial charge in [-0.05, 0) is 290 Å². The van der Waals surface area contributed by atoms with Gasteiger partial charge in [-0.3, -0.25) is 0 Å². The summed E-state index contributed by atoms with van der Waals surface area (Å²) >= 11 is 0. The van der Waals surface area contributed by atoms with E-state index in [4.69, 9.17) is 0 Å². The van der Waals surface area contributed by atoms with E-state index < -0.39 is 0 Å². The molecular weight excluding hydrogens is 1470 g/mol. The summed E-state index contributed by atoms with van der Waals surface area (Å²) in [5.74, 6) is 0. The van der Waals surface area contributed by atoms with Gasteiger partial charge in [0.1, 0.15) is 0 Å².